The molecule has 0 spiro atoms. The van der Waals surface area contributed by atoms with Gasteiger partial charge in [-0.2, -0.15) is 8.78 Å². The van der Waals surface area contributed by atoms with Crippen molar-refractivity contribution in [2.75, 3.05) is 26.2 Å². The van der Waals surface area contributed by atoms with Gasteiger partial charge in [-0.3, -0.25) is 4.90 Å². The van der Waals surface area contributed by atoms with Gasteiger partial charge in [-0.1, -0.05) is 11.6 Å². The van der Waals surface area contributed by atoms with Gasteiger partial charge in [0, 0.05) is 43.3 Å². The first-order chi connectivity index (χ1) is 8.65. The summed E-state index contributed by atoms with van der Waals surface area (Å²) < 4.78 is 29.1. The van der Waals surface area contributed by atoms with Crippen molar-refractivity contribution >= 4 is 24.0 Å². The normalized spacial score (nSPS) is 16.2. The fourth-order valence-corrected chi connectivity index (χ4v) is 2.19. The Morgan fingerprint density at radius 1 is 1.32 bits per heavy atom. The third-order valence-electron chi connectivity index (χ3n) is 2.84. The number of benzene rings is 1. The van der Waals surface area contributed by atoms with Crippen molar-refractivity contribution in [2.24, 2.45) is 0 Å². The molecule has 0 atom stereocenters. The van der Waals surface area contributed by atoms with Gasteiger partial charge < -0.3 is 10.1 Å². The fraction of sp³-hybridized carbons (Fsp3) is 0.500. The number of hydrogen-bond donors (Lipinski definition) is 1. The predicted octanol–water partition coefficient (Wildman–Crippen LogP) is 2.77. The smallest absolute Gasteiger partial charge is 0.387 e. The lowest BCUT2D eigenvalue weighted by molar-refractivity contribution is -0.0508. The molecule has 3 nitrogen and oxygen atoms in total. The molecular formula is C12H16Cl2F2N2O. The standard InChI is InChI=1S/C12H15ClF2N2O.ClH/c13-10-1-2-11(18-12(14)15)9(7-10)8-17-5-3-16-4-6-17;/h1-2,7,12,16H,3-6,8H2;1H. The predicted molar refractivity (Wildman–Crippen MR) is 73.5 cm³/mol. The summed E-state index contributed by atoms with van der Waals surface area (Å²) in [5, 5.41) is 3.77. The largest absolute Gasteiger partial charge is 0.434 e. The molecule has 0 amide bonds. The summed E-state index contributed by atoms with van der Waals surface area (Å²) in [7, 11) is 0. The number of rotatable bonds is 4. The lowest BCUT2D eigenvalue weighted by Gasteiger charge is -2.27. The van der Waals surface area contributed by atoms with Gasteiger partial charge in [0.1, 0.15) is 5.75 Å². The van der Waals surface area contributed by atoms with Crippen LogP contribution in [0.4, 0.5) is 8.78 Å². The van der Waals surface area contributed by atoms with E-state index in [1.165, 1.54) is 6.07 Å². The van der Waals surface area contributed by atoms with Crippen LogP contribution in [0.1, 0.15) is 5.56 Å². The van der Waals surface area contributed by atoms with E-state index in [9.17, 15) is 8.78 Å². The third-order valence-corrected chi connectivity index (χ3v) is 3.08. The molecule has 1 saturated heterocycles. The summed E-state index contributed by atoms with van der Waals surface area (Å²) in [5.41, 5.74) is 0.699. The van der Waals surface area contributed by atoms with Crippen molar-refractivity contribution in [1.29, 1.82) is 0 Å². The minimum absolute atomic E-state index is 0. The molecule has 0 radical (unpaired) electrons. The molecule has 0 bridgehead atoms. The van der Waals surface area contributed by atoms with E-state index in [0.717, 1.165) is 26.2 Å². The van der Waals surface area contributed by atoms with Gasteiger partial charge in [0.2, 0.25) is 0 Å². The molecule has 0 unspecified atom stereocenters. The molecule has 1 N–H and O–H groups in total. The first-order valence-corrected chi connectivity index (χ1v) is 6.19. The Morgan fingerprint density at radius 3 is 2.63 bits per heavy atom. The Labute approximate surface area is 122 Å². The van der Waals surface area contributed by atoms with Gasteiger partial charge in [0.25, 0.3) is 0 Å². The van der Waals surface area contributed by atoms with Crippen molar-refractivity contribution in [3.8, 4) is 5.75 Å². The van der Waals surface area contributed by atoms with Gasteiger partial charge in [0.15, 0.2) is 0 Å². The maximum atomic E-state index is 12.3. The van der Waals surface area contributed by atoms with Crippen molar-refractivity contribution < 1.29 is 13.5 Å². The highest BCUT2D eigenvalue weighted by Gasteiger charge is 2.15. The van der Waals surface area contributed by atoms with E-state index < -0.39 is 6.61 Å². The molecule has 1 aromatic rings. The maximum absolute atomic E-state index is 12.3. The molecule has 108 valence electrons. The molecule has 1 fully saturated rings. The van der Waals surface area contributed by atoms with Gasteiger partial charge in [-0.05, 0) is 18.2 Å². The molecule has 1 aliphatic rings. The third kappa shape index (κ3) is 5.10. The van der Waals surface area contributed by atoms with Crippen LogP contribution >= 0.6 is 24.0 Å². The van der Waals surface area contributed by atoms with Crippen LogP contribution in [0.3, 0.4) is 0 Å². The summed E-state index contributed by atoms with van der Waals surface area (Å²) in [6, 6.07) is 4.73. The number of piperazine rings is 1. The van der Waals surface area contributed by atoms with Crippen LogP contribution in [0.15, 0.2) is 18.2 Å². The second-order valence-electron chi connectivity index (χ2n) is 4.16. The fourth-order valence-electron chi connectivity index (χ4n) is 1.99. The Kier molecular flexibility index (Phi) is 6.79. The van der Waals surface area contributed by atoms with Crippen LogP contribution in [0.2, 0.25) is 5.02 Å². The number of nitrogens with one attached hydrogen (secondary N) is 1. The zero-order valence-electron chi connectivity index (χ0n) is 10.2. The van der Waals surface area contributed by atoms with E-state index in [1.54, 1.807) is 12.1 Å². The Bertz CT molecular complexity index is 401. The minimum atomic E-state index is -2.81. The number of alkyl halides is 2. The minimum Gasteiger partial charge on any atom is -0.434 e. The quantitative estimate of drug-likeness (QED) is 0.925. The van der Waals surface area contributed by atoms with E-state index in [2.05, 4.69) is 15.0 Å². The molecule has 0 saturated carbocycles. The number of nitrogens with zero attached hydrogens (tertiary/aromatic N) is 1. The first kappa shape index (κ1) is 16.4. The highest BCUT2D eigenvalue weighted by molar-refractivity contribution is 6.30. The second kappa shape index (κ2) is 7.85. The highest BCUT2D eigenvalue weighted by Crippen LogP contribution is 2.25. The van der Waals surface area contributed by atoms with Crippen LogP contribution in [-0.4, -0.2) is 37.7 Å². The topological polar surface area (TPSA) is 24.5 Å². The van der Waals surface area contributed by atoms with Gasteiger partial charge in [-0.25, -0.2) is 0 Å². The molecule has 1 aromatic carbocycles. The average molecular weight is 313 g/mol. The van der Waals surface area contributed by atoms with Crippen molar-refractivity contribution in [3.63, 3.8) is 0 Å². The van der Waals surface area contributed by atoms with Gasteiger partial charge in [-0.15, -0.1) is 12.4 Å². The zero-order valence-corrected chi connectivity index (χ0v) is 11.8. The number of halogens is 4. The van der Waals surface area contributed by atoms with Crippen molar-refractivity contribution in [3.05, 3.63) is 28.8 Å². The van der Waals surface area contributed by atoms with E-state index in [0.29, 0.717) is 17.1 Å². The molecule has 0 aromatic heterocycles. The van der Waals surface area contributed by atoms with Crippen LogP contribution in [0.25, 0.3) is 0 Å². The summed E-state index contributed by atoms with van der Waals surface area (Å²) in [6.07, 6.45) is 0. The summed E-state index contributed by atoms with van der Waals surface area (Å²) >= 11 is 5.90. The van der Waals surface area contributed by atoms with Crippen LogP contribution in [0, 0.1) is 0 Å². The number of ether oxygens (including phenoxy) is 1. The van der Waals surface area contributed by atoms with Crippen LogP contribution < -0.4 is 10.1 Å². The SMILES string of the molecule is Cl.FC(F)Oc1ccc(Cl)cc1CN1CCNCC1. The highest BCUT2D eigenvalue weighted by atomic mass is 35.5. The Balaban J connectivity index is 0.00000180. The van der Waals surface area contributed by atoms with E-state index in [1.807, 2.05) is 0 Å². The Hall–Kier alpha value is -0.620. The molecule has 2 rings (SSSR count). The maximum Gasteiger partial charge on any atom is 0.387 e. The van der Waals surface area contributed by atoms with Gasteiger partial charge in [0.05, 0.1) is 0 Å². The van der Waals surface area contributed by atoms with Crippen molar-refractivity contribution in [1.82, 2.24) is 10.2 Å². The molecule has 19 heavy (non-hydrogen) atoms. The van der Waals surface area contributed by atoms with E-state index in [4.69, 9.17) is 11.6 Å². The van der Waals surface area contributed by atoms with Crippen LogP contribution in [0.5, 0.6) is 5.75 Å². The van der Waals surface area contributed by atoms with Crippen LogP contribution in [-0.2, 0) is 6.54 Å². The second-order valence-corrected chi connectivity index (χ2v) is 4.59. The number of hydrogen-bond acceptors (Lipinski definition) is 3. The molecule has 1 heterocycles. The van der Waals surface area contributed by atoms with E-state index in [-0.39, 0.29) is 18.2 Å². The Morgan fingerprint density at radius 2 is 2.00 bits per heavy atom. The molecule has 1 aliphatic heterocycles. The summed E-state index contributed by atoms with van der Waals surface area (Å²) in [5.74, 6) is 0.202. The van der Waals surface area contributed by atoms with Crippen molar-refractivity contribution in [2.45, 2.75) is 13.2 Å². The summed E-state index contributed by atoms with van der Waals surface area (Å²) in [4.78, 5) is 2.18. The first-order valence-electron chi connectivity index (χ1n) is 5.81. The lowest BCUT2D eigenvalue weighted by atomic mass is 10.1. The van der Waals surface area contributed by atoms with Gasteiger partial charge >= 0.3 is 6.61 Å². The summed E-state index contributed by atoms with van der Waals surface area (Å²) in [6.45, 7) is 1.36. The lowest BCUT2D eigenvalue weighted by Crippen LogP contribution is -2.42. The molecule has 0 aliphatic carbocycles. The average Bonchev–Trinajstić information content (AvgIpc) is 2.33. The monoisotopic (exact) mass is 312 g/mol. The molecule has 7 heteroatoms. The van der Waals surface area contributed by atoms with E-state index >= 15 is 0 Å². The zero-order chi connectivity index (χ0) is 13.0. The molecular weight excluding hydrogens is 297 g/mol.